The molecule has 4 nitrogen and oxygen atoms in total. The molecule has 1 rings (SSSR count). The van der Waals surface area contributed by atoms with Gasteiger partial charge in [-0.15, -0.1) is 0 Å². The van der Waals surface area contributed by atoms with Crippen molar-refractivity contribution in [1.29, 1.82) is 0 Å². The molecule has 0 amide bonds. The number of hydrazone groups is 1. The van der Waals surface area contributed by atoms with Gasteiger partial charge in [0, 0.05) is 14.1 Å². The third kappa shape index (κ3) is 4.65. The minimum atomic E-state index is 0.720. The summed E-state index contributed by atoms with van der Waals surface area (Å²) < 4.78 is 11.0. The lowest BCUT2D eigenvalue weighted by atomic mass is 10.2. The number of nitrogens with zero attached hydrogens (tertiary/aromatic N) is 2. The van der Waals surface area contributed by atoms with E-state index in [0.717, 1.165) is 36.5 Å². The SMILES string of the molecule is CCCCOc1ccc(/C=N/N(C)C)cc1OC. The van der Waals surface area contributed by atoms with E-state index >= 15 is 0 Å². The van der Waals surface area contributed by atoms with Crippen molar-refractivity contribution >= 4 is 6.21 Å². The molecule has 0 unspecified atom stereocenters. The summed E-state index contributed by atoms with van der Waals surface area (Å²) in [5, 5.41) is 5.94. The maximum atomic E-state index is 5.67. The summed E-state index contributed by atoms with van der Waals surface area (Å²) in [6.07, 6.45) is 3.96. The Morgan fingerprint density at radius 1 is 1.28 bits per heavy atom. The Hall–Kier alpha value is -1.71. The fourth-order valence-corrected chi connectivity index (χ4v) is 1.39. The average molecular weight is 250 g/mol. The van der Waals surface area contributed by atoms with Gasteiger partial charge < -0.3 is 14.5 Å². The van der Waals surface area contributed by atoms with Crippen LogP contribution in [0, 0.1) is 0 Å². The van der Waals surface area contributed by atoms with Gasteiger partial charge in [-0.3, -0.25) is 0 Å². The van der Waals surface area contributed by atoms with Crippen molar-refractivity contribution in [1.82, 2.24) is 5.01 Å². The van der Waals surface area contributed by atoms with Crippen molar-refractivity contribution < 1.29 is 9.47 Å². The van der Waals surface area contributed by atoms with Crippen molar-refractivity contribution in [2.45, 2.75) is 19.8 Å². The van der Waals surface area contributed by atoms with Gasteiger partial charge in [-0.25, -0.2) is 0 Å². The van der Waals surface area contributed by atoms with Gasteiger partial charge in [0.05, 0.1) is 19.9 Å². The Bertz CT molecular complexity index is 389. The van der Waals surface area contributed by atoms with Crippen LogP contribution in [0.3, 0.4) is 0 Å². The maximum Gasteiger partial charge on any atom is 0.161 e. The van der Waals surface area contributed by atoms with E-state index in [0.29, 0.717) is 0 Å². The van der Waals surface area contributed by atoms with Crippen LogP contribution in [-0.4, -0.2) is 39.0 Å². The number of hydrogen-bond donors (Lipinski definition) is 0. The van der Waals surface area contributed by atoms with Crippen LogP contribution in [0.5, 0.6) is 11.5 Å². The quantitative estimate of drug-likeness (QED) is 0.424. The number of unbranched alkanes of at least 4 members (excludes halogenated alkanes) is 1. The number of hydrogen-bond acceptors (Lipinski definition) is 4. The molecule has 18 heavy (non-hydrogen) atoms. The van der Waals surface area contributed by atoms with Gasteiger partial charge in [0.1, 0.15) is 0 Å². The molecule has 0 bridgehead atoms. The second-order valence-corrected chi connectivity index (χ2v) is 4.20. The van der Waals surface area contributed by atoms with E-state index in [-0.39, 0.29) is 0 Å². The molecule has 0 aliphatic carbocycles. The van der Waals surface area contributed by atoms with E-state index in [2.05, 4.69) is 12.0 Å². The highest BCUT2D eigenvalue weighted by Crippen LogP contribution is 2.27. The molecule has 0 saturated heterocycles. The molecule has 1 aromatic carbocycles. The lowest BCUT2D eigenvalue weighted by Crippen LogP contribution is -2.02. The molecule has 0 heterocycles. The topological polar surface area (TPSA) is 34.1 Å². The zero-order chi connectivity index (χ0) is 13.4. The van der Waals surface area contributed by atoms with Crippen molar-refractivity contribution in [2.24, 2.45) is 5.10 Å². The van der Waals surface area contributed by atoms with Crippen LogP contribution in [0.2, 0.25) is 0 Å². The van der Waals surface area contributed by atoms with Crippen molar-refractivity contribution in [2.75, 3.05) is 27.8 Å². The van der Waals surface area contributed by atoms with Gasteiger partial charge in [-0.2, -0.15) is 5.10 Å². The highest BCUT2D eigenvalue weighted by Gasteiger charge is 2.04. The van der Waals surface area contributed by atoms with Crippen LogP contribution in [0.4, 0.5) is 0 Å². The summed E-state index contributed by atoms with van der Waals surface area (Å²) in [7, 11) is 5.42. The molecule has 0 spiro atoms. The molecule has 0 saturated carbocycles. The molecular formula is C14H22N2O2. The summed E-state index contributed by atoms with van der Waals surface area (Å²) in [6.45, 7) is 2.86. The largest absolute Gasteiger partial charge is 0.493 e. The molecule has 0 atom stereocenters. The van der Waals surface area contributed by atoms with E-state index in [1.165, 1.54) is 0 Å². The fraction of sp³-hybridized carbons (Fsp3) is 0.500. The highest BCUT2D eigenvalue weighted by atomic mass is 16.5. The summed E-state index contributed by atoms with van der Waals surface area (Å²) in [5.41, 5.74) is 0.989. The van der Waals surface area contributed by atoms with Gasteiger partial charge in [0.15, 0.2) is 11.5 Å². The monoisotopic (exact) mass is 250 g/mol. The molecule has 0 radical (unpaired) electrons. The molecular weight excluding hydrogens is 228 g/mol. The minimum Gasteiger partial charge on any atom is -0.493 e. The van der Waals surface area contributed by atoms with E-state index in [4.69, 9.17) is 9.47 Å². The Kier molecular flexibility index (Phi) is 6.05. The van der Waals surface area contributed by atoms with Crippen LogP contribution in [0.25, 0.3) is 0 Å². The first-order valence-corrected chi connectivity index (χ1v) is 6.19. The third-order valence-corrected chi connectivity index (χ3v) is 2.38. The van der Waals surface area contributed by atoms with Crippen molar-refractivity contribution in [3.8, 4) is 11.5 Å². The normalized spacial score (nSPS) is 10.7. The van der Waals surface area contributed by atoms with Gasteiger partial charge in [0.2, 0.25) is 0 Å². The van der Waals surface area contributed by atoms with E-state index < -0.39 is 0 Å². The predicted molar refractivity (Wildman–Crippen MR) is 74.7 cm³/mol. The second-order valence-electron chi connectivity index (χ2n) is 4.20. The third-order valence-electron chi connectivity index (χ3n) is 2.38. The van der Waals surface area contributed by atoms with E-state index in [1.807, 2.05) is 32.3 Å². The molecule has 4 heteroatoms. The number of rotatable bonds is 7. The molecule has 0 aliphatic heterocycles. The van der Waals surface area contributed by atoms with E-state index in [9.17, 15) is 0 Å². The Labute approximate surface area is 109 Å². The molecule has 0 fully saturated rings. The first-order valence-electron chi connectivity index (χ1n) is 6.19. The smallest absolute Gasteiger partial charge is 0.161 e. The maximum absolute atomic E-state index is 5.67. The number of methoxy groups -OCH3 is 1. The van der Waals surface area contributed by atoms with Crippen LogP contribution in [-0.2, 0) is 0 Å². The Balaban J connectivity index is 2.76. The molecule has 0 N–H and O–H groups in total. The van der Waals surface area contributed by atoms with Crippen molar-refractivity contribution in [3.05, 3.63) is 23.8 Å². The van der Waals surface area contributed by atoms with Gasteiger partial charge in [-0.1, -0.05) is 13.3 Å². The standard InChI is InChI=1S/C14H22N2O2/c1-5-6-9-18-13-8-7-12(10-14(13)17-4)11-15-16(2)3/h7-8,10-11H,5-6,9H2,1-4H3/b15-11+. The lowest BCUT2D eigenvalue weighted by Gasteiger charge is -2.11. The predicted octanol–water partition coefficient (Wildman–Crippen LogP) is 2.77. The summed E-state index contributed by atoms with van der Waals surface area (Å²) in [5.74, 6) is 1.53. The minimum absolute atomic E-state index is 0.720. The molecule has 100 valence electrons. The highest BCUT2D eigenvalue weighted by molar-refractivity contribution is 5.80. The van der Waals surface area contributed by atoms with Crippen LogP contribution >= 0.6 is 0 Å². The van der Waals surface area contributed by atoms with Crippen molar-refractivity contribution in [3.63, 3.8) is 0 Å². The average Bonchev–Trinajstić information content (AvgIpc) is 2.37. The van der Waals surface area contributed by atoms with Crippen LogP contribution in [0.15, 0.2) is 23.3 Å². The zero-order valence-electron chi connectivity index (χ0n) is 11.6. The van der Waals surface area contributed by atoms with Gasteiger partial charge in [0.25, 0.3) is 0 Å². The van der Waals surface area contributed by atoms with Gasteiger partial charge >= 0.3 is 0 Å². The Morgan fingerprint density at radius 3 is 2.67 bits per heavy atom. The Morgan fingerprint density at radius 2 is 2.06 bits per heavy atom. The zero-order valence-corrected chi connectivity index (χ0v) is 11.6. The summed E-state index contributed by atoms with van der Waals surface area (Å²) in [6, 6.07) is 5.82. The fourth-order valence-electron chi connectivity index (χ4n) is 1.39. The number of ether oxygens (including phenoxy) is 2. The van der Waals surface area contributed by atoms with Crippen LogP contribution in [0.1, 0.15) is 25.3 Å². The van der Waals surface area contributed by atoms with E-state index in [1.54, 1.807) is 18.3 Å². The molecule has 0 aliphatic rings. The summed E-state index contributed by atoms with van der Waals surface area (Å²) >= 11 is 0. The first-order chi connectivity index (χ1) is 8.67. The van der Waals surface area contributed by atoms with Crippen LogP contribution < -0.4 is 9.47 Å². The lowest BCUT2D eigenvalue weighted by molar-refractivity contribution is 0.288. The molecule has 1 aromatic rings. The molecule has 0 aromatic heterocycles. The summed E-state index contributed by atoms with van der Waals surface area (Å²) in [4.78, 5) is 0. The van der Waals surface area contributed by atoms with Gasteiger partial charge in [-0.05, 0) is 30.2 Å². The second kappa shape index (κ2) is 7.58. The number of benzene rings is 1. The first kappa shape index (κ1) is 14.4.